The lowest BCUT2D eigenvalue weighted by molar-refractivity contribution is -0.129. The van der Waals surface area contributed by atoms with Crippen LogP contribution in [0.1, 0.15) is 56.0 Å². The number of fused-ring (bicyclic) bond motifs is 3. The summed E-state index contributed by atoms with van der Waals surface area (Å²) in [5.74, 6) is 1.03. The number of allylic oxidation sites excluding steroid dienone is 1. The number of amides is 1. The Labute approximate surface area is 265 Å². The first kappa shape index (κ1) is 30.1. The molecule has 2 aliphatic rings. The molecule has 2 aromatic heterocycles. The Morgan fingerprint density at radius 2 is 1.70 bits per heavy atom. The first-order valence-electron chi connectivity index (χ1n) is 14.6. The van der Waals surface area contributed by atoms with Crippen LogP contribution in [-0.4, -0.2) is 79.5 Å². The first-order valence-corrected chi connectivity index (χ1v) is 15.8. The summed E-state index contributed by atoms with van der Waals surface area (Å²) in [6.45, 7) is 8.01. The lowest BCUT2D eigenvalue weighted by atomic mass is 9.99. The standard InChI is InChI=1S/C33H33ClN6O3S/c1-20-21(2)44-33-30(20)31(24-9-11-25(34)12-10-24)35-26(32-37-36-22(3)40(32)33)19-29(43)39-17-15-38(16-18-39)28(42)14-13-27(41)23-7-5-4-6-8-23/h4-14,26,29,43H,15-19H2,1-3H3/b14-13+/t26-,29+/m0/s1. The molecule has 44 heavy (non-hydrogen) atoms. The van der Waals surface area contributed by atoms with E-state index in [4.69, 9.17) is 16.6 Å². The Bertz CT molecular complexity index is 1750. The van der Waals surface area contributed by atoms with Crippen molar-refractivity contribution in [3.05, 3.63) is 111 Å². The third-order valence-corrected chi connectivity index (χ3v) is 9.72. The van der Waals surface area contributed by atoms with E-state index in [-0.39, 0.29) is 11.7 Å². The largest absolute Gasteiger partial charge is 0.378 e. The van der Waals surface area contributed by atoms with Gasteiger partial charge < -0.3 is 10.0 Å². The molecule has 1 amide bonds. The zero-order chi connectivity index (χ0) is 31.0. The van der Waals surface area contributed by atoms with Gasteiger partial charge in [-0.2, -0.15) is 0 Å². The van der Waals surface area contributed by atoms with Crippen LogP contribution in [0.2, 0.25) is 5.02 Å². The molecule has 2 atom stereocenters. The van der Waals surface area contributed by atoms with E-state index in [1.165, 1.54) is 17.0 Å². The zero-order valence-corrected chi connectivity index (χ0v) is 26.3. The van der Waals surface area contributed by atoms with Gasteiger partial charge in [0.05, 0.1) is 5.71 Å². The summed E-state index contributed by atoms with van der Waals surface area (Å²) in [6, 6.07) is 16.1. The Balaban J connectivity index is 1.20. The fourth-order valence-electron chi connectivity index (χ4n) is 5.69. The van der Waals surface area contributed by atoms with E-state index in [1.54, 1.807) is 40.5 Å². The van der Waals surface area contributed by atoms with Crippen molar-refractivity contribution in [2.24, 2.45) is 4.99 Å². The smallest absolute Gasteiger partial charge is 0.246 e. The van der Waals surface area contributed by atoms with Gasteiger partial charge in [0.25, 0.3) is 0 Å². The van der Waals surface area contributed by atoms with Crippen molar-refractivity contribution in [2.75, 3.05) is 26.2 Å². The van der Waals surface area contributed by atoms with Crippen LogP contribution >= 0.6 is 22.9 Å². The summed E-state index contributed by atoms with van der Waals surface area (Å²) >= 11 is 7.91. The minimum atomic E-state index is -0.813. The number of aliphatic imine (C=N–C) groups is 1. The highest BCUT2D eigenvalue weighted by Gasteiger charge is 2.34. The van der Waals surface area contributed by atoms with E-state index >= 15 is 0 Å². The molecule has 1 saturated heterocycles. The van der Waals surface area contributed by atoms with Gasteiger partial charge in [-0.25, -0.2) is 0 Å². The van der Waals surface area contributed by atoms with E-state index in [9.17, 15) is 14.7 Å². The minimum absolute atomic E-state index is 0.210. The number of carbonyl (C=O) groups is 2. The van der Waals surface area contributed by atoms with Crippen molar-refractivity contribution in [2.45, 2.75) is 39.5 Å². The number of hydrogen-bond donors (Lipinski definition) is 1. The molecule has 9 nitrogen and oxygen atoms in total. The molecule has 0 unspecified atom stereocenters. The molecule has 0 radical (unpaired) electrons. The number of aliphatic hydroxyl groups is 1. The quantitative estimate of drug-likeness (QED) is 0.226. The number of aliphatic hydroxyl groups excluding tert-OH is 1. The van der Waals surface area contributed by atoms with E-state index in [1.807, 2.05) is 42.2 Å². The third-order valence-electron chi connectivity index (χ3n) is 8.27. The molecule has 0 bridgehead atoms. The first-order chi connectivity index (χ1) is 21.2. The summed E-state index contributed by atoms with van der Waals surface area (Å²) < 4.78 is 2.07. The van der Waals surface area contributed by atoms with Crippen molar-refractivity contribution in [1.29, 1.82) is 0 Å². The fraction of sp³-hybridized carbons (Fsp3) is 0.303. The number of benzene rings is 2. The van der Waals surface area contributed by atoms with Gasteiger partial charge >= 0.3 is 0 Å². The summed E-state index contributed by atoms with van der Waals surface area (Å²) in [5, 5.41) is 22.1. The second-order valence-corrected chi connectivity index (χ2v) is 12.7. The molecular weight excluding hydrogens is 596 g/mol. The number of aromatic nitrogens is 3. The minimum Gasteiger partial charge on any atom is -0.378 e. The zero-order valence-electron chi connectivity index (χ0n) is 24.8. The average Bonchev–Trinajstić information content (AvgIpc) is 3.52. The summed E-state index contributed by atoms with van der Waals surface area (Å²) in [7, 11) is 0. The molecule has 0 aliphatic carbocycles. The Kier molecular flexibility index (Phi) is 8.59. The van der Waals surface area contributed by atoms with Gasteiger partial charge in [0.1, 0.15) is 23.1 Å². The van der Waals surface area contributed by atoms with Gasteiger partial charge in [-0.05, 0) is 44.5 Å². The van der Waals surface area contributed by atoms with Crippen LogP contribution in [0.15, 0.2) is 71.7 Å². The SMILES string of the molecule is Cc1sc2c(c1C)C(c1ccc(Cl)cc1)=N[C@@H](C[C@@H](O)N1CCN(C(=O)/C=C/C(=O)c3ccccc3)CC1)c1nnc(C)n1-2. The fourth-order valence-corrected chi connectivity index (χ4v) is 7.03. The van der Waals surface area contributed by atoms with Crippen molar-refractivity contribution in [1.82, 2.24) is 24.6 Å². The molecule has 1 N–H and O–H groups in total. The number of nitrogens with zero attached hydrogens (tertiary/aromatic N) is 6. The topological polar surface area (TPSA) is 104 Å². The second kappa shape index (κ2) is 12.6. The highest BCUT2D eigenvalue weighted by Crippen LogP contribution is 2.40. The molecule has 4 heterocycles. The molecule has 226 valence electrons. The Hall–Kier alpha value is -3.96. The number of thiophene rings is 1. The van der Waals surface area contributed by atoms with Gasteiger partial charge in [-0.15, -0.1) is 21.5 Å². The molecule has 6 rings (SSSR count). The molecule has 11 heteroatoms. The predicted octanol–water partition coefficient (Wildman–Crippen LogP) is 5.09. The Morgan fingerprint density at radius 1 is 1.00 bits per heavy atom. The lowest BCUT2D eigenvalue weighted by Gasteiger charge is -2.37. The van der Waals surface area contributed by atoms with Gasteiger partial charge in [-0.1, -0.05) is 54.1 Å². The summed E-state index contributed by atoms with van der Waals surface area (Å²) in [6.07, 6.45) is 2.15. The number of carbonyl (C=O) groups excluding carboxylic acids is 2. The van der Waals surface area contributed by atoms with Gasteiger partial charge in [0, 0.05) is 65.3 Å². The molecule has 0 saturated carbocycles. The van der Waals surface area contributed by atoms with Crippen molar-refractivity contribution < 1.29 is 14.7 Å². The molecule has 4 aromatic rings. The molecule has 1 fully saturated rings. The van der Waals surface area contributed by atoms with E-state index in [2.05, 4.69) is 28.6 Å². The number of rotatable bonds is 7. The number of aryl methyl sites for hydroxylation is 2. The van der Waals surface area contributed by atoms with Crippen LogP contribution in [0.5, 0.6) is 0 Å². The van der Waals surface area contributed by atoms with Gasteiger partial charge in [0.15, 0.2) is 11.6 Å². The van der Waals surface area contributed by atoms with Crippen LogP contribution in [0.3, 0.4) is 0 Å². The maximum absolute atomic E-state index is 12.8. The van der Waals surface area contributed by atoms with Crippen molar-refractivity contribution >= 4 is 40.3 Å². The van der Waals surface area contributed by atoms with E-state index in [0.717, 1.165) is 33.2 Å². The normalized spacial score (nSPS) is 17.6. The van der Waals surface area contributed by atoms with Crippen LogP contribution in [-0.2, 0) is 4.79 Å². The van der Waals surface area contributed by atoms with Crippen LogP contribution in [0, 0.1) is 20.8 Å². The predicted molar refractivity (Wildman–Crippen MR) is 172 cm³/mol. The van der Waals surface area contributed by atoms with Crippen molar-refractivity contribution in [3.63, 3.8) is 0 Å². The molecule has 2 aliphatic heterocycles. The number of hydrogen-bond acceptors (Lipinski definition) is 8. The molecular formula is C33H33ClN6O3S. The monoisotopic (exact) mass is 628 g/mol. The molecule has 0 spiro atoms. The highest BCUT2D eigenvalue weighted by molar-refractivity contribution is 7.15. The number of ketones is 1. The second-order valence-electron chi connectivity index (χ2n) is 11.0. The maximum atomic E-state index is 12.8. The molecule has 2 aromatic carbocycles. The Morgan fingerprint density at radius 3 is 2.41 bits per heavy atom. The van der Waals surface area contributed by atoms with Gasteiger partial charge in [0.2, 0.25) is 5.91 Å². The summed E-state index contributed by atoms with van der Waals surface area (Å²) in [5.41, 5.74) is 4.52. The van der Waals surface area contributed by atoms with Crippen LogP contribution < -0.4 is 0 Å². The number of piperazine rings is 1. The van der Waals surface area contributed by atoms with Crippen molar-refractivity contribution in [3.8, 4) is 5.00 Å². The lowest BCUT2D eigenvalue weighted by Crippen LogP contribution is -2.52. The van der Waals surface area contributed by atoms with E-state index in [0.29, 0.717) is 49.0 Å². The highest BCUT2D eigenvalue weighted by atomic mass is 35.5. The summed E-state index contributed by atoms with van der Waals surface area (Å²) in [4.78, 5) is 35.3. The van der Waals surface area contributed by atoms with Crippen LogP contribution in [0.25, 0.3) is 5.00 Å². The van der Waals surface area contributed by atoms with Crippen LogP contribution in [0.4, 0.5) is 0 Å². The third kappa shape index (κ3) is 5.90. The maximum Gasteiger partial charge on any atom is 0.246 e. The average molecular weight is 629 g/mol. The number of halogens is 1. The van der Waals surface area contributed by atoms with Gasteiger partial charge in [-0.3, -0.25) is 24.0 Å². The van der Waals surface area contributed by atoms with E-state index < -0.39 is 12.3 Å².